The van der Waals surface area contributed by atoms with E-state index in [1.54, 1.807) is 13.0 Å². The van der Waals surface area contributed by atoms with Crippen molar-refractivity contribution < 1.29 is 36.0 Å². The first-order valence-corrected chi connectivity index (χ1v) is 11.3. The number of nitrogens with zero attached hydrogens (tertiary/aromatic N) is 1. The van der Waals surface area contributed by atoms with Gasteiger partial charge in [-0.25, -0.2) is 0 Å². The average molecular weight is 561 g/mol. The number of halogens is 8. The molecule has 194 valence electrons. The Morgan fingerprint density at radius 2 is 1.57 bits per heavy atom. The van der Waals surface area contributed by atoms with Gasteiger partial charge in [-0.15, -0.1) is 0 Å². The summed E-state index contributed by atoms with van der Waals surface area (Å²) >= 11 is 11.8. The molecule has 0 aromatic heterocycles. The van der Waals surface area contributed by atoms with Crippen LogP contribution in [0.2, 0.25) is 10.0 Å². The summed E-state index contributed by atoms with van der Waals surface area (Å²) in [6.45, 7) is 1.65. The highest BCUT2D eigenvalue weighted by atomic mass is 35.5. The predicted octanol–water partition coefficient (Wildman–Crippen LogP) is 8.16. The van der Waals surface area contributed by atoms with Crippen molar-refractivity contribution in [3.63, 3.8) is 0 Å². The van der Waals surface area contributed by atoms with Crippen LogP contribution in [0, 0.1) is 6.92 Å². The Morgan fingerprint density at radius 3 is 2.14 bits per heavy atom. The molecule has 3 aromatic rings. The topological polar surface area (TPSA) is 50.7 Å². The van der Waals surface area contributed by atoms with Gasteiger partial charge >= 0.3 is 12.4 Å². The molecule has 1 aliphatic rings. The van der Waals surface area contributed by atoms with Crippen LogP contribution in [0.1, 0.15) is 39.0 Å². The Morgan fingerprint density at radius 1 is 0.946 bits per heavy atom. The minimum absolute atomic E-state index is 0.00761. The molecule has 0 saturated heterocycles. The number of amides is 1. The molecular formula is C25H16Cl2F6N2O2. The van der Waals surface area contributed by atoms with Gasteiger partial charge in [-0.2, -0.15) is 26.3 Å². The van der Waals surface area contributed by atoms with Crippen LogP contribution in [0.25, 0.3) is 0 Å². The lowest BCUT2D eigenvalue weighted by Crippen LogP contribution is -2.42. The molecule has 4 nitrogen and oxygen atoms in total. The fraction of sp³-hybridized carbons (Fsp3) is 0.200. The molecule has 1 N–H and O–H groups in total. The highest BCUT2D eigenvalue weighted by molar-refractivity contribution is 6.34. The molecule has 0 fully saturated rings. The Balaban J connectivity index is 1.60. The van der Waals surface area contributed by atoms with Crippen molar-refractivity contribution in [3.8, 4) is 0 Å². The molecule has 1 atom stereocenters. The Bertz CT molecular complexity index is 1370. The second kappa shape index (κ2) is 9.57. The van der Waals surface area contributed by atoms with E-state index in [9.17, 15) is 31.1 Å². The van der Waals surface area contributed by atoms with Crippen molar-refractivity contribution in [2.45, 2.75) is 31.3 Å². The van der Waals surface area contributed by atoms with Gasteiger partial charge in [0.2, 0.25) is 0 Å². The smallest absolute Gasteiger partial charge is 0.374 e. The highest BCUT2D eigenvalue weighted by Crippen LogP contribution is 2.49. The second-order valence-corrected chi connectivity index (χ2v) is 9.22. The van der Waals surface area contributed by atoms with Crippen molar-refractivity contribution in [1.29, 1.82) is 0 Å². The number of carbonyl (C=O) groups excluding carboxylic acids is 1. The summed E-state index contributed by atoms with van der Waals surface area (Å²) in [7, 11) is 0. The van der Waals surface area contributed by atoms with Gasteiger partial charge in [-0.05, 0) is 61.0 Å². The molecule has 0 spiro atoms. The molecular weight excluding hydrogens is 545 g/mol. The number of benzene rings is 3. The van der Waals surface area contributed by atoms with E-state index >= 15 is 0 Å². The van der Waals surface area contributed by atoms with E-state index in [4.69, 9.17) is 28.0 Å². The first-order valence-electron chi connectivity index (χ1n) is 10.6. The lowest BCUT2D eigenvalue weighted by molar-refractivity contribution is -0.275. The van der Waals surface area contributed by atoms with Gasteiger partial charge in [-0.1, -0.05) is 40.5 Å². The van der Waals surface area contributed by atoms with E-state index in [1.165, 1.54) is 18.2 Å². The standard InChI is InChI=1S/C25H16Cl2F6N2O2/c1-13-2-3-15(8-20(13)34-22(36)14-4-6-16(7-5-14)24(28,29)30)21-12-23(37-35-21,25(31,32)33)17-9-18(26)11-19(27)10-17/h2-11H,12H2,1H3,(H,34,36). The molecule has 0 bridgehead atoms. The molecule has 3 aromatic carbocycles. The fourth-order valence-corrected chi connectivity index (χ4v) is 4.31. The van der Waals surface area contributed by atoms with Gasteiger partial charge in [0.15, 0.2) is 0 Å². The first kappa shape index (κ1) is 26.8. The summed E-state index contributed by atoms with van der Waals surface area (Å²) in [4.78, 5) is 17.6. The quantitative estimate of drug-likeness (QED) is 0.327. The number of carbonyl (C=O) groups is 1. The molecule has 1 aliphatic heterocycles. The third kappa shape index (κ3) is 5.40. The van der Waals surface area contributed by atoms with E-state index in [-0.39, 0.29) is 38.1 Å². The molecule has 1 unspecified atom stereocenters. The van der Waals surface area contributed by atoms with Crippen LogP contribution in [0.5, 0.6) is 0 Å². The van der Waals surface area contributed by atoms with Gasteiger partial charge < -0.3 is 10.2 Å². The summed E-state index contributed by atoms with van der Waals surface area (Å²) in [5.74, 6) is -0.697. The van der Waals surface area contributed by atoms with Crippen molar-refractivity contribution in [3.05, 3.63) is 98.5 Å². The second-order valence-electron chi connectivity index (χ2n) is 8.35. The van der Waals surface area contributed by atoms with E-state index in [1.807, 2.05) is 0 Å². The lowest BCUT2D eigenvalue weighted by atomic mass is 9.86. The number of hydrogen-bond acceptors (Lipinski definition) is 3. The van der Waals surface area contributed by atoms with Crippen molar-refractivity contribution in [2.75, 3.05) is 5.32 Å². The Labute approximate surface area is 216 Å². The maximum Gasteiger partial charge on any atom is 0.435 e. The fourth-order valence-electron chi connectivity index (χ4n) is 3.79. The van der Waals surface area contributed by atoms with E-state index in [0.717, 1.165) is 36.4 Å². The monoisotopic (exact) mass is 560 g/mol. The highest BCUT2D eigenvalue weighted by Gasteiger charge is 2.62. The largest absolute Gasteiger partial charge is 0.435 e. The van der Waals surface area contributed by atoms with Crippen molar-refractivity contribution >= 4 is 40.5 Å². The van der Waals surface area contributed by atoms with E-state index in [2.05, 4.69) is 10.5 Å². The minimum Gasteiger partial charge on any atom is -0.374 e. The van der Waals surface area contributed by atoms with E-state index in [0.29, 0.717) is 5.56 Å². The van der Waals surface area contributed by atoms with Crippen LogP contribution in [-0.4, -0.2) is 17.8 Å². The maximum atomic E-state index is 14.2. The summed E-state index contributed by atoms with van der Waals surface area (Å²) in [5.41, 5.74) is -3.09. The molecule has 4 rings (SSSR count). The van der Waals surface area contributed by atoms with Crippen LogP contribution in [0.3, 0.4) is 0 Å². The summed E-state index contributed by atoms with van der Waals surface area (Å²) in [6.07, 6.45) is -10.1. The minimum atomic E-state index is -4.88. The number of hydrogen-bond donors (Lipinski definition) is 1. The molecule has 12 heteroatoms. The molecule has 1 heterocycles. The Kier molecular flexibility index (Phi) is 6.94. The first-order chi connectivity index (χ1) is 17.2. The van der Waals surface area contributed by atoms with Crippen LogP contribution < -0.4 is 5.32 Å². The third-order valence-electron chi connectivity index (χ3n) is 5.81. The van der Waals surface area contributed by atoms with Crippen LogP contribution in [-0.2, 0) is 16.6 Å². The van der Waals surface area contributed by atoms with Gasteiger partial charge in [0.25, 0.3) is 11.5 Å². The zero-order valence-corrected chi connectivity index (χ0v) is 20.3. The van der Waals surface area contributed by atoms with Crippen molar-refractivity contribution in [1.82, 2.24) is 0 Å². The molecule has 0 radical (unpaired) electrons. The number of oxime groups is 1. The van der Waals surface area contributed by atoms with Gasteiger partial charge in [0, 0.05) is 38.8 Å². The van der Waals surface area contributed by atoms with Crippen molar-refractivity contribution in [2.24, 2.45) is 5.16 Å². The molecule has 0 aliphatic carbocycles. The number of rotatable bonds is 4. The summed E-state index contributed by atoms with van der Waals surface area (Å²) < 4.78 is 81.1. The van der Waals surface area contributed by atoms with Crippen LogP contribution in [0.4, 0.5) is 32.0 Å². The summed E-state index contributed by atoms with van der Waals surface area (Å²) in [6, 6.07) is 11.6. The van der Waals surface area contributed by atoms with Gasteiger partial charge in [-0.3, -0.25) is 4.79 Å². The SMILES string of the molecule is Cc1ccc(C2=NOC(c3cc(Cl)cc(Cl)c3)(C(F)(F)F)C2)cc1NC(=O)c1ccc(C(F)(F)F)cc1. The molecule has 37 heavy (non-hydrogen) atoms. The van der Waals surface area contributed by atoms with E-state index < -0.39 is 35.8 Å². The maximum absolute atomic E-state index is 14.2. The molecule has 0 saturated carbocycles. The van der Waals surface area contributed by atoms with Gasteiger partial charge in [0.05, 0.1) is 11.3 Å². The zero-order valence-electron chi connectivity index (χ0n) is 18.8. The average Bonchev–Trinajstić information content (AvgIpc) is 3.26. The number of nitrogens with one attached hydrogen (secondary N) is 1. The van der Waals surface area contributed by atoms with Crippen LogP contribution in [0.15, 0.2) is 65.8 Å². The zero-order chi connectivity index (χ0) is 27.2. The lowest BCUT2D eigenvalue weighted by Gasteiger charge is -2.29. The number of alkyl halides is 6. The molecule has 1 amide bonds. The normalized spacial score (nSPS) is 17.8. The predicted molar refractivity (Wildman–Crippen MR) is 127 cm³/mol. The third-order valence-corrected chi connectivity index (χ3v) is 6.24. The van der Waals surface area contributed by atoms with Crippen LogP contribution >= 0.6 is 23.2 Å². The number of aryl methyl sites for hydroxylation is 1. The van der Waals surface area contributed by atoms with Gasteiger partial charge in [0.1, 0.15) is 0 Å². The summed E-state index contributed by atoms with van der Waals surface area (Å²) in [5, 5.41) is 6.25. The number of anilines is 1. The Hall–Kier alpha value is -3.24.